The summed E-state index contributed by atoms with van der Waals surface area (Å²) in [5, 5.41) is -0.111. The molecule has 128 valence electrons. The molecule has 1 fully saturated rings. The van der Waals surface area contributed by atoms with Gasteiger partial charge in [-0.3, -0.25) is 4.79 Å². The molecule has 2 rings (SSSR count). The molecule has 1 unspecified atom stereocenters. The lowest BCUT2D eigenvalue weighted by molar-refractivity contribution is -0.131. The molecule has 4 nitrogen and oxygen atoms in total. The predicted molar refractivity (Wildman–Crippen MR) is 94.5 cm³/mol. The molecule has 0 aliphatic heterocycles. The van der Waals surface area contributed by atoms with Gasteiger partial charge in [0.25, 0.3) is 0 Å². The molecule has 0 radical (unpaired) electrons. The number of amides is 1. The highest BCUT2D eigenvalue weighted by atomic mass is 32.2. The highest BCUT2D eigenvalue weighted by Gasteiger charge is 2.26. The quantitative estimate of drug-likeness (QED) is 0.736. The summed E-state index contributed by atoms with van der Waals surface area (Å²) in [5.41, 5.74) is 0. The molecule has 0 N–H and O–H groups in total. The van der Waals surface area contributed by atoms with Crippen LogP contribution in [0.2, 0.25) is 0 Å². The summed E-state index contributed by atoms with van der Waals surface area (Å²) in [6, 6.07) is 6.18. The first kappa shape index (κ1) is 18.0. The number of rotatable bonds is 6. The zero-order valence-corrected chi connectivity index (χ0v) is 15.3. The predicted octanol–water partition coefficient (Wildman–Crippen LogP) is 3.98. The van der Waals surface area contributed by atoms with Gasteiger partial charge >= 0.3 is 0 Å². The summed E-state index contributed by atoms with van der Waals surface area (Å²) in [4.78, 5) is 15.6. The molecule has 0 aromatic heterocycles. The van der Waals surface area contributed by atoms with Gasteiger partial charge in [-0.1, -0.05) is 19.3 Å². The highest BCUT2D eigenvalue weighted by Crippen LogP contribution is 2.34. The van der Waals surface area contributed by atoms with Crippen molar-refractivity contribution < 1.29 is 14.3 Å². The second kappa shape index (κ2) is 8.48. The molecule has 0 spiro atoms. The second-order valence-electron chi connectivity index (χ2n) is 6.02. The number of hydrogen-bond donors (Lipinski definition) is 0. The summed E-state index contributed by atoms with van der Waals surface area (Å²) in [7, 11) is 5.19. The van der Waals surface area contributed by atoms with Gasteiger partial charge in [0, 0.05) is 18.0 Å². The van der Waals surface area contributed by atoms with Crippen LogP contribution < -0.4 is 9.47 Å². The van der Waals surface area contributed by atoms with Crippen LogP contribution in [0.25, 0.3) is 0 Å². The Kier molecular flexibility index (Phi) is 6.63. The maximum absolute atomic E-state index is 12.7. The van der Waals surface area contributed by atoms with E-state index in [0.717, 1.165) is 17.7 Å². The van der Waals surface area contributed by atoms with Gasteiger partial charge in [0.05, 0.1) is 19.5 Å². The van der Waals surface area contributed by atoms with E-state index >= 15 is 0 Å². The van der Waals surface area contributed by atoms with Crippen LogP contribution in [-0.4, -0.2) is 43.4 Å². The smallest absolute Gasteiger partial charge is 0.235 e. The molecule has 1 aliphatic carbocycles. The Morgan fingerprint density at radius 1 is 1.17 bits per heavy atom. The number of carbonyl (C=O) groups excluding carboxylic acids is 1. The minimum absolute atomic E-state index is 0.111. The Labute approximate surface area is 143 Å². The molecule has 0 bridgehead atoms. The lowest BCUT2D eigenvalue weighted by Gasteiger charge is -2.32. The molecule has 1 saturated carbocycles. The number of nitrogens with zero attached hydrogens (tertiary/aromatic N) is 1. The van der Waals surface area contributed by atoms with E-state index in [4.69, 9.17) is 9.47 Å². The van der Waals surface area contributed by atoms with Gasteiger partial charge in [0.15, 0.2) is 11.5 Å². The average Bonchev–Trinajstić information content (AvgIpc) is 2.60. The Morgan fingerprint density at radius 3 is 2.43 bits per heavy atom. The molecule has 1 aromatic rings. The zero-order valence-electron chi connectivity index (χ0n) is 14.5. The number of ether oxygens (including phenoxy) is 2. The molecule has 0 heterocycles. The van der Waals surface area contributed by atoms with E-state index in [-0.39, 0.29) is 11.2 Å². The Bertz CT molecular complexity index is 529. The Morgan fingerprint density at radius 2 is 1.83 bits per heavy atom. The van der Waals surface area contributed by atoms with Gasteiger partial charge in [0.1, 0.15) is 0 Å². The first-order chi connectivity index (χ1) is 11.1. The summed E-state index contributed by atoms with van der Waals surface area (Å²) >= 11 is 1.57. The van der Waals surface area contributed by atoms with Crippen LogP contribution in [0, 0.1) is 0 Å². The third-order valence-corrected chi connectivity index (χ3v) is 5.57. The molecular weight excluding hydrogens is 310 g/mol. The Balaban J connectivity index is 2.00. The van der Waals surface area contributed by atoms with Crippen molar-refractivity contribution in [2.24, 2.45) is 0 Å². The van der Waals surface area contributed by atoms with Crippen LogP contribution in [0.4, 0.5) is 0 Å². The first-order valence-electron chi connectivity index (χ1n) is 8.22. The summed E-state index contributed by atoms with van der Waals surface area (Å²) in [5.74, 6) is 1.60. The van der Waals surface area contributed by atoms with E-state index in [9.17, 15) is 4.79 Å². The molecule has 5 heteroatoms. The molecule has 1 atom stereocenters. The monoisotopic (exact) mass is 337 g/mol. The van der Waals surface area contributed by atoms with E-state index in [1.165, 1.54) is 19.3 Å². The largest absolute Gasteiger partial charge is 0.493 e. The fraction of sp³-hybridized carbons (Fsp3) is 0.611. The maximum atomic E-state index is 12.7. The minimum Gasteiger partial charge on any atom is -0.493 e. The number of benzene rings is 1. The van der Waals surface area contributed by atoms with Crippen LogP contribution in [0.15, 0.2) is 23.1 Å². The molecular formula is C18H27NO3S. The van der Waals surface area contributed by atoms with Crippen molar-refractivity contribution in [3.63, 3.8) is 0 Å². The van der Waals surface area contributed by atoms with Crippen molar-refractivity contribution in [1.29, 1.82) is 0 Å². The average molecular weight is 337 g/mol. The van der Waals surface area contributed by atoms with Crippen LogP contribution in [0.5, 0.6) is 11.5 Å². The van der Waals surface area contributed by atoms with Crippen LogP contribution in [-0.2, 0) is 4.79 Å². The van der Waals surface area contributed by atoms with Crippen molar-refractivity contribution in [3.05, 3.63) is 18.2 Å². The number of methoxy groups -OCH3 is 2. The van der Waals surface area contributed by atoms with Crippen molar-refractivity contribution >= 4 is 17.7 Å². The zero-order chi connectivity index (χ0) is 16.8. The van der Waals surface area contributed by atoms with E-state index < -0.39 is 0 Å². The van der Waals surface area contributed by atoms with Crippen molar-refractivity contribution in [1.82, 2.24) is 4.90 Å². The van der Waals surface area contributed by atoms with Crippen molar-refractivity contribution in [2.75, 3.05) is 21.3 Å². The maximum Gasteiger partial charge on any atom is 0.235 e. The van der Waals surface area contributed by atoms with Gasteiger partial charge in [-0.15, -0.1) is 11.8 Å². The van der Waals surface area contributed by atoms with Crippen molar-refractivity contribution in [2.45, 2.75) is 55.2 Å². The van der Waals surface area contributed by atoms with Gasteiger partial charge < -0.3 is 14.4 Å². The number of thioether (sulfide) groups is 1. The molecule has 1 aliphatic rings. The second-order valence-corrected chi connectivity index (χ2v) is 7.43. The van der Waals surface area contributed by atoms with E-state index in [2.05, 4.69) is 0 Å². The first-order valence-corrected chi connectivity index (χ1v) is 9.10. The Hall–Kier alpha value is -1.36. The third kappa shape index (κ3) is 4.56. The van der Waals surface area contributed by atoms with E-state index in [0.29, 0.717) is 17.5 Å². The van der Waals surface area contributed by atoms with Crippen LogP contribution >= 0.6 is 11.8 Å². The van der Waals surface area contributed by atoms with Gasteiger partial charge in [-0.05, 0) is 38.0 Å². The SMILES string of the molecule is COc1ccc(SC(C)C(=O)N(C)C2CCCCC2)cc1OC. The normalized spacial score (nSPS) is 16.7. The lowest BCUT2D eigenvalue weighted by atomic mass is 9.94. The minimum atomic E-state index is -0.111. The van der Waals surface area contributed by atoms with Crippen LogP contribution in [0.3, 0.4) is 0 Å². The fourth-order valence-electron chi connectivity index (χ4n) is 3.08. The molecule has 23 heavy (non-hydrogen) atoms. The summed E-state index contributed by atoms with van der Waals surface area (Å²) in [6.45, 7) is 1.98. The number of carbonyl (C=O) groups is 1. The standard InChI is InChI=1S/C18H27NO3S/c1-13(18(20)19(2)14-8-6-5-7-9-14)23-15-10-11-16(21-3)17(12-15)22-4/h10-14H,5-9H2,1-4H3. The number of hydrogen-bond acceptors (Lipinski definition) is 4. The topological polar surface area (TPSA) is 38.8 Å². The fourth-order valence-corrected chi connectivity index (χ4v) is 4.08. The highest BCUT2D eigenvalue weighted by molar-refractivity contribution is 8.00. The molecule has 1 aromatic carbocycles. The van der Waals surface area contributed by atoms with E-state index in [1.807, 2.05) is 37.1 Å². The van der Waals surface area contributed by atoms with Gasteiger partial charge in [-0.25, -0.2) is 0 Å². The van der Waals surface area contributed by atoms with E-state index in [1.54, 1.807) is 26.0 Å². The summed E-state index contributed by atoms with van der Waals surface area (Å²) < 4.78 is 10.6. The molecule has 0 saturated heterocycles. The van der Waals surface area contributed by atoms with Crippen molar-refractivity contribution in [3.8, 4) is 11.5 Å². The molecule has 1 amide bonds. The lowest BCUT2D eigenvalue weighted by Crippen LogP contribution is -2.42. The van der Waals surface area contributed by atoms with Crippen LogP contribution in [0.1, 0.15) is 39.0 Å². The van der Waals surface area contributed by atoms with Gasteiger partial charge in [0.2, 0.25) is 5.91 Å². The third-order valence-electron chi connectivity index (χ3n) is 4.49. The summed E-state index contributed by atoms with van der Waals surface area (Å²) in [6.07, 6.45) is 6.04. The van der Waals surface area contributed by atoms with Gasteiger partial charge in [-0.2, -0.15) is 0 Å².